The third-order valence-corrected chi connectivity index (χ3v) is 6.08. The fraction of sp³-hybridized carbons (Fsp3) is 0.263. The number of fused-ring (bicyclic) bond motifs is 1. The van der Waals surface area contributed by atoms with Gasteiger partial charge >= 0.3 is 0 Å². The fourth-order valence-electron chi connectivity index (χ4n) is 3.78. The standard InChI is InChI=1S/C19H18N4O2S/c24-18-16(15(22-10-4-5-11-22)13-7-2-1-3-8-13)26-19-20-17(21-23(18)19)14-9-6-12-25-14/h1-3,6-9,12,15,24H,4-5,10-11H2/p+1/t15-/m0/s1. The number of nitrogens with zero attached hydrogens (tertiary/aromatic N) is 3. The summed E-state index contributed by atoms with van der Waals surface area (Å²) < 4.78 is 6.90. The second kappa shape index (κ2) is 6.26. The van der Waals surface area contributed by atoms with Crippen molar-refractivity contribution in [1.29, 1.82) is 0 Å². The Kier molecular flexibility index (Phi) is 3.76. The van der Waals surface area contributed by atoms with Crippen LogP contribution in [0.4, 0.5) is 0 Å². The smallest absolute Gasteiger partial charge is 0.235 e. The first-order valence-corrected chi connectivity index (χ1v) is 9.65. The molecule has 1 fully saturated rings. The Morgan fingerprint density at radius 2 is 1.92 bits per heavy atom. The molecule has 7 heteroatoms. The first-order chi connectivity index (χ1) is 12.8. The van der Waals surface area contributed by atoms with E-state index >= 15 is 0 Å². The minimum Gasteiger partial charge on any atom is -0.492 e. The van der Waals surface area contributed by atoms with Crippen LogP contribution < -0.4 is 4.90 Å². The Hall–Kier alpha value is -2.64. The van der Waals surface area contributed by atoms with Crippen LogP contribution in [0, 0.1) is 0 Å². The highest BCUT2D eigenvalue weighted by Gasteiger charge is 2.34. The molecule has 1 atom stereocenters. The van der Waals surface area contributed by atoms with Gasteiger partial charge in [0, 0.05) is 18.4 Å². The molecule has 1 aliphatic rings. The molecule has 1 aromatic carbocycles. The second-order valence-corrected chi connectivity index (χ2v) is 7.62. The van der Waals surface area contributed by atoms with Crippen LogP contribution in [0.3, 0.4) is 0 Å². The van der Waals surface area contributed by atoms with E-state index in [0.29, 0.717) is 16.5 Å². The number of rotatable bonds is 4. The van der Waals surface area contributed by atoms with Crippen molar-refractivity contribution in [2.24, 2.45) is 0 Å². The summed E-state index contributed by atoms with van der Waals surface area (Å²) in [5.74, 6) is 1.28. The van der Waals surface area contributed by atoms with Crippen molar-refractivity contribution >= 4 is 16.3 Å². The quantitative estimate of drug-likeness (QED) is 0.582. The molecule has 132 valence electrons. The summed E-state index contributed by atoms with van der Waals surface area (Å²) in [6.07, 6.45) is 4.05. The van der Waals surface area contributed by atoms with E-state index in [9.17, 15) is 5.11 Å². The van der Waals surface area contributed by atoms with E-state index < -0.39 is 0 Å². The van der Waals surface area contributed by atoms with E-state index in [0.717, 1.165) is 18.0 Å². The van der Waals surface area contributed by atoms with Gasteiger partial charge in [-0.2, -0.15) is 9.50 Å². The van der Waals surface area contributed by atoms with E-state index in [1.165, 1.54) is 39.2 Å². The van der Waals surface area contributed by atoms with E-state index in [2.05, 4.69) is 34.3 Å². The van der Waals surface area contributed by atoms with Gasteiger partial charge in [0.15, 0.2) is 11.8 Å². The van der Waals surface area contributed by atoms with E-state index in [1.807, 2.05) is 12.1 Å². The maximum atomic E-state index is 10.9. The van der Waals surface area contributed by atoms with Gasteiger partial charge in [-0.05, 0) is 12.1 Å². The summed E-state index contributed by atoms with van der Waals surface area (Å²) in [5, 5.41) is 15.4. The molecule has 0 bridgehead atoms. The molecule has 4 heterocycles. The summed E-state index contributed by atoms with van der Waals surface area (Å²) in [4.78, 5) is 7.64. The zero-order valence-electron chi connectivity index (χ0n) is 14.1. The van der Waals surface area contributed by atoms with Gasteiger partial charge < -0.3 is 14.4 Å². The number of quaternary nitrogens is 1. The minimum absolute atomic E-state index is 0.110. The summed E-state index contributed by atoms with van der Waals surface area (Å²) in [6, 6.07) is 14.1. The fourth-order valence-corrected chi connectivity index (χ4v) is 4.93. The number of aromatic hydroxyl groups is 1. The Labute approximate surface area is 154 Å². The lowest BCUT2D eigenvalue weighted by Gasteiger charge is -2.23. The van der Waals surface area contributed by atoms with Crippen LogP contribution in [-0.2, 0) is 0 Å². The topological polar surface area (TPSA) is 68.0 Å². The first kappa shape index (κ1) is 15.6. The monoisotopic (exact) mass is 367 g/mol. The largest absolute Gasteiger partial charge is 0.492 e. The maximum Gasteiger partial charge on any atom is 0.235 e. The summed E-state index contributed by atoms with van der Waals surface area (Å²) in [7, 11) is 0. The number of likely N-dealkylation sites (tertiary alicyclic amines) is 1. The van der Waals surface area contributed by atoms with Gasteiger partial charge in [0.1, 0.15) is 4.88 Å². The highest BCUT2D eigenvalue weighted by Crippen LogP contribution is 2.36. The molecule has 2 N–H and O–H groups in total. The number of aromatic nitrogens is 3. The molecule has 6 nitrogen and oxygen atoms in total. The molecular formula is C19H19N4O2S+. The van der Waals surface area contributed by atoms with Gasteiger partial charge in [-0.1, -0.05) is 41.7 Å². The molecule has 0 saturated carbocycles. The Balaban J connectivity index is 1.61. The number of benzene rings is 1. The van der Waals surface area contributed by atoms with Crippen molar-refractivity contribution in [3.05, 3.63) is 59.2 Å². The van der Waals surface area contributed by atoms with Crippen LogP contribution in [0.25, 0.3) is 16.5 Å². The SMILES string of the molecule is Oc1c([C@H](c2ccccc2)[NH+]2CCCC2)sc2nc(-c3ccco3)nn12. The van der Waals surface area contributed by atoms with Crippen LogP contribution in [0.2, 0.25) is 0 Å². The molecule has 0 unspecified atom stereocenters. The predicted octanol–water partition coefficient (Wildman–Crippen LogP) is 2.52. The molecular weight excluding hydrogens is 348 g/mol. The van der Waals surface area contributed by atoms with Gasteiger partial charge in [0.2, 0.25) is 16.7 Å². The first-order valence-electron chi connectivity index (χ1n) is 8.83. The van der Waals surface area contributed by atoms with Crippen LogP contribution in [0.1, 0.15) is 29.3 Å². The zero-order chi connectivity index (χ0) is 17.5. The number of nitrogens with one attached hydrogen (secondary N) is 1. The molecule has 0 radical (unpaired) electrons. The summed E-state index contributed by atoms with van der Waals surface area (Å²) in [6.45, 7) is 2.23. The van der Waals surface area contributed by atoms with E-state index in [4.69, 9.17) is 4.42 Å². The number of hydrogen-bond acceptors (Lipinski definition) is 5. The second-order valence-electron chi connectivity index (χ2n) is 6.61. The van der Waals surface area contributed by atoms with Crippen LogP contribution >= 0.6 is 11.3 Å². The van der Waals surface area contributed by atoms with Crippen molar-refractivity contribution in [3.8, 4) is 17.5 Å². The van der Waals surface area contributed by atoms with Gasteiger partial charge in [-0.25, -0.2) is 0 Å². The Morgan fingerprint density at radius 3 is 2.62 bits per heavy atom. The third kappa shape index (κ3) is 2.51. The molecule has 1 aliphatic heterocycles. The van der Waals surface area contributed by atoms with E-state index in [-0.39, 0.29) is 11.9 Å². The van der Waals surface area contributed by atoms with Crippen LogP contribution in [-0.4, -0.2) is 32.8 Å². The maximum absolute atomic E-state index is 10.9. The average Bonchev–Trinajstić information content (AvgIpc) is 3.43. The Morgan fingerprint density at radius 1 is 1.12 bits per heavy atom. The lowest BCUT2D eigenvalue weighted by Crippen LogP contribution is -3.10. The van der Waals surface area contributed by atoms with Gasteiger partial charge in [0.25, 0.3) is 0 Å². The normalized spacial score (nSPS) is 16.5. The van der Waals surface area contributed by atoms with Crippen molar-refractivity contribution in [2.75, 3.05) is 13.1 Å². The highest BCUT2D eigenvalue weighted by molar-refractivity contribution is 7.17. The molecule has 0 spiro atoms. The lowest BCUT2D eigenvalue weighted by atomic mass is 10.0. The van der Waals surface area contributed by atoms with Gasteiger partial charge in [-0.15, -0.1) is 5.10 Å². The van der Waals surface area contributed by atoms with Crippen molar-refractivity contribution in [3.63, 3.8) is 0 Å². The van der Waals surface area contributed by atoms with E-state index in [1.54, 1.807) is 12.3 Å². The molecule has 0 amide bonds. The highest BCUT2D eigenvalue weighted by atomic mass is 32.1. The Bertz CT molecular complexity index is 1020. The predicted molar refractivity (Wildman–Crippen MR) is 98.4 cm³/mol. The summed E-state index contributed by atoms with van der Waals surface area (Å²) in [5.41, 5.74) is 1.22. The van der Waals surface area contributed by atoms with Crippen molar-refractivity contribution < 1.29 is 14.4 Å². The van der Waals surface area contributed by atoms with Crippen molar-refractivity contribution in [2.45, 2.75) is 18.9 Å². The molecule has 0 aliphatic carbocycles. The number of hydrogen-bond donors (Lipinski definition) is 2. The molecule has 1 saturated heterocycles. The van der Waals surface area contributed by atoms with Crippen LogP contribution in [0.5, 0.6) is 5.88 Å². The van der Waals surface area contributed by atoms with Crippen molar-refractivity contribution in [1.82, 2.24) is 14.6 Å². The molecule has 5 rings (SSSR count). The van der Waals surface area contributed by atoms with Gasteiger partial charge in [0.05, 0.1) is 19.4 Å². The number of thiazole rings is 1. The minimum atomic E-state index is 0.110. The molecule has 26 heavy (non-hydrogen) atoms. The van der Waals surface area contributed by atoms with Gasteiger partial charge in [-0.3, -0.25) is 0 Å². The molecule has 4 aromatic rings. The lowest BCUT2D eigenvalue weighted by molar-refractivity contribution is -0.913. The third-order valence-electron chi connectivity index (χ3n) is 4.99. The van der Waals surface area contributed by atoms with Crippen LogP contribution in [0.15, 0.2) is 53.1 Å². The number of furan rings is 1. The summed E-state index contributed by atoms with van der Waals surface area (Å²) >= 11 is 1.51. The average molecular weight is 367 g/mol. The molecule has 3 aromatic heterocycles. The zero-order valence-corrected chi connectivity index (χ0v) is 14.9.